The lowest BCUT2D eigenvalue weighted by Crippen LogP contribution is -2.50. The molecule has 0 saturated heterocycles. The van der Waals surface area contributed by atoms with Crippen molar-refractivity contribution in [2.75, 3.05) is 11.4 Å². The summed E-state index contributed by atoms with van der Waals surface area (Å²) in [5.74, 6) is -1.91. The highest BCUT2D eigenvalue weighted by molar-refractivity contribution is 6.23. The zero-order valence-electron chi connectivity index (χ0n) is 15.9. The molecule has 0 saturated carbocycles. The normalized spacial score (nSPS) is 16.9. The number of fused-ring (bicyclic) bond motifs is 2. The first-order chi connectivity index (χ1) is 14.2. The van der Waals surface area contributed by atoms with Crippen molar-refractivity contribution in [3.05, 3.63) is 59.2 Å². The Morgan fingerprint density at radius 2 is 1.70 bits per heavy atom. The largest absolute Gasteiger partial charge is 0.573 e. The number of imide groups is 1. The van der Waals surface area contributed by atoms with E-state index in [9.17, 15) is 27.6 Å². The molecule has 1 atom stereocenters. The van der Waals surface area contributed by atoms with Gasteiger partial charge < -0.3 is 9.64 Å². The summed E-state index contributed by atoms with van der Waals surface area (Å²) in [5.41, 5.74) is 1.47. The standard InChI is InChI=1S/C21H17F3N2O4/c1-12(26-19(28)15-6-2-3-7-16(15)20(26)29)18(27)25-10-4-5-13-11-14(8-9-17(13)25)30-21(22,23)24/h2-3,6-9,11-12H,4-5,10H2,1H3. The molecule has 0 bridgehead atoms. The molecular weight excluding hydrogens is 401 g/mol. The van der Waals surface area contributed by atoms with Gasteiger partial charge in [0.25, 0.3) is 11.8 Å². The number of amides is 3. The van der Waals surface area contributed by atoms with Crippen LogP contribution in [0.3, 0.4) is 0 Å². The number of alkyl halides is 3. The van der Waals surface area contributed by atoms with Crippen LogP contribution in [0.5, 0.6) is 5.75 Å². The second-order valence-corrected chi connectivity index (χ2v) is 7.13. The third kappa shape index (κ3) is 3.40. The van der Waals surface area contributed by atoms with Crippen LogP contribution in [0.4, 0.5) is 18.9 Å². The molecule has 0 radical (unpaired) electrons. The van der Waals surface area contributed by atoms with Crippen molar-refractivity contribution in [1.82, 2.24) is 4.90 Å². The smallest absolute Gasteiger partial charge is 0.406 e. The first-order valence-electron chi connectivity index (χ1n) is 9.34. The van der Waals surface area contributed by atoms with Crippen molar-refractivity contribution in [2.24, 2.45) is 0 Å². The number of rotatable bonds is 3. The predicted molar refractivity (Wildman–Crippen MR) is 100 cm³/mol. The van der Waals surface area contributed by atoms with Crippen LogP contribution in [-0.2, 0) is 11.2 Å². The number of halogens is 3. The van der Waals surface area contributed by atoms with Crippen LogP contribution >= 0.6 is 0 Å². The van der Waals surface area contributed by atoms with Crippen LogP contribution in [0.25, 0.3) is 0 Å². The molecule has 6 nitrogen and oxygen atoms in total. The highest BCUT2D eigenvalue weighted by atomic mass is 19.4. The monoisotopic (exact) mass is 418 g/mol. The Labute approximate surface area is 169 Å². The predicted octanol–water partition coefficient (Wildman–Crippen LogP) is 3.55. The molecule has 2 aliphatic heterocycles. The molecule has 1 unspecified atom stereocenters. The molecule has 30 heavy (non-hydrogen) atoms. The van der Waals surface area contributed by atoms with E-state index in [-0.39, 0.29) is 16.9 Å². The number of anilines is 1. The minimum atomic E-state index is -4.81. The van der Waals surface area contributed by atoms with Crippen molar-refractivity contribution < 1.29 is 32.3 Å². The fourth-order valence-electron chi connectivity index (χ4n) is 3.90. The van der Waals surface area contributed by atoms with Crippen LogP contribution in [0, 0.1) is 0 Å². The molecule has 0 aromatic heterocycles. The van der Waals surface area contributed by atoms with Gasteiger partial charge in [0.15, 0.2) is 0 Å². The summed E-state index contributed by atoms with van der Waals surface area (Å²) in [7, 11) is 0. The summed E-state index contributed by atoms with van der Waals surface area (Å²) >= 11 is 0. The summed E-state index contributed by atoms with van der Waals surface area (Å²) in [5, 5.41) is 0. The third-order valence-electron chi connectivity index (χ3n) is 5.24. The molecule has 0 aliphatic carbocycles. The molecule has 3 amide bonds. The number of aryl methyl sites for hydroxylation is 1. The van der Waals surface area contributed by atoms with E-state index in [0.717, 1.165) is 11.0 Å². The lowest BCUT2D eigenvalue weighted by molar-refractivity contribution is -0.274. The van der Waals surface area contributed by atoms with Crippen molar-refractivity contribution in [2.45, 2.75) is 32.2 Å². The summed E-state index contributed by atoms with van der Waals surface area (Å²) in [6.45, 7) is 1.80. The highest BCUT2D eigenvalue weighted by Crippen LogP contribution is 2.34. The summed E-state index contributed by atoms with van der Waals surface area (Å²) < 4.78 is 41.4. The molecule has 9 heteroatoms. The maximum atomic E-state index is 13.2. The van der Waals surface area contributed by atoms with Crippen LogP contribution in [0.2, 0.25) is 0 Å². The number of nitrogens with zero attached hydrogens (tertiary/aromatic N) is 2. The van der Waals surface area contributed by atoms with Gasteiger partial charge in [0.05, 0.1) is 11.1 Å². The Hall–Kier alpha value is -3.36. The topological polar surface area (TPSA) is 66.9 Å². The number of benzene rings is 2. The van der Waals surface area contributed by atoms with E-state index in [1.165, 1.54) is 36.1 Å². The van der Waals surface area contributed by atoms with Crippen LogP contribution in [-0.4, -0.2) is 41.6 Å². The lowest BCUT2D eigenvalue weighted by Gasteiger charge is -2.33. The molecule has 2 aromatic rings. The number of hydrogen-bond donors (Lipinski definition) is 0. The Morgan fingerprint density at radius 1 is 1.07 bits per heavy atom. The Morgan fingerprint density at radius 3 is 2.30 bits per heavy atom. The molecule has 156 valence electrons. The molecular formula is C21H17F3N2O4. The van der Waals surface area contributed by atoms with Gasteiger partial charge in [-0.1, -0.05) is 12.1 Å². The molecule has 0 N–H and O–H groups in total. The van der Waals surface area contributed by atoms with Crippen molar-refractivity contribution in [3.63, 3.8) is 0 Å². The van der Waals surface area contributed by atoms with Crippen LogP contribution in [0.1, 0.15) is 39.6 Å². The number of ether oxygens (including phenoxy) is 1. The molecule has 0 spiro atoms. The van der Waals surface area contributed by atoms with Gasteiger partial charge in [-0.2, -0.15) is 0 Å². The van der Waals surface area contributed by atoms with Crippen LogP contribution in [0.15, 0.2) is 42.5 Å². The van der Waals surface area contributed by atoms with Gasteiger partial charge in [0, 0.05) is 12.2 Å². The number of hydrogen-bond acceptors (Lipinski definition) is 4. The van der Waals surface area contributed by atoms with E-state index >= 15 is 0 Å². The van der Waals surface area contributed by atoms with E-state index in [1.807, 2.05) is 0 Å². The molecule has 2 heterocycles. The SMILES string of the molecule is CC(C(=O)N1CCCc2cc(OC(F)(F)F)ccc21)N1C(=O)c2ccccc2C1=O. The summed E-state index contributed by atoms with van der Waals surface area (Å²) in [6, 6.07) is 9.08. The van der Waals surface area contributed by atoms with Crippen molar-refractivity contribution in [1.29, 1.82) is 0 Å². The quantitative estimate of drug-likeness (QED) is 0.715. The second-order valence-electron chi connectivity index (χ2n) is 7.13. The summed E-state index contributed by atoms with van der Waals surface area (Å²) in [6.07, 6.45) is -3.79. The minimum Gasteiger partial charge on any atom is -0.406 e. The van der Waals surface area contributed by atoms with Crippen molar-refractivity contribution in [3.8, 4) is 5.75 Å². The van der Waals surface area contributed by atoms with Gasteiger partial charge in [-0.05, 0) is 55.7 Å². The summed E-state index contributed by atoms with van der Waals surface area (Å²) in [4.78, 5) is 40.9. The lowest BCUT2D eigenvalue weighted by atomic mass is 10.0. The fraction of sp³-hybridized carbons (Fsp3) is 0.286. The Bertz CT molecular complexity index is 1020. The van der Waals surface area contributed by atoms with E-state index < -0.39 is 30.1 Å². The molecule has 0 fully saturated rings. The first kappa shape index (κ1) is 19.9. The fourth-order valence-corrected chi connectivity index (χ4v) is 3.90. The maximum Gasteiger partial charge on any atom is 0.573 e. The van der Waals surface area contributed by atoms with E-state index in [0.29, 0.717) is 30.6 Å². The third-order valence-corrected chi connectivity index (χ3v) is 5.24. The first-order valence-corrected chi connectivity index (χ1v) is 9.34. The highest BCUT2D eigenvalue weighted by Gasteiger charge is 2.42. The molecule has 2 aliphatic rings. The molecule has 4 rings (SSSR count). The number of carbonyl (C=O) groups excluding carboxylic acids is 3. The van der Waals surface area contributed by atoms with E-state index in [1.54, 1.807) is 12.1 Å². The van der Waals surface area contributed by atoms with Gasteiger partial charge in [0.2, 0.25) is 5.91 Å². The average Bonchev–Trinajstić information content (AvgIpc) is 2.96. The Kier molecular flexibility index (Phi) is 4.76. The Balaban J connectivity index is 1.59. The second kappa shape index (κ2) is 7.16. The maximum absolute atomic E-state index is 13.2. The number of carbonyl (C=O) groups is 3. The van der Waals surface area contributed by atoms with E-state index in [4.69, 9.17) is 0 Å². The van der Waals surface area contributed by atoms with Gasteiger partial charge >= 0.3 is 6.36 Å². The van der Waals surface area contributed by atoms with Gasteiger partial charge in [0.1, 0.15) is 11.8 Å². The average molecular weight is 418 g/mol. The molecule has 2 aromatic carbocycles. The zero-order chi connectivity index (χ0) is 21.6. The van der Waals surface area contributed by atoms with Gasteiger partial charge in [-0.3, -0.25) is 19.3 Å². The van der Waals surface area contributed by atoms with Gasteiger partial charge in [-0.25, -0.2) is 0 Å². The van der Waals surface area contributed by atoms with Crippen LogP contribution < -0.4 is 9.64 Å². The minimum absolute atomic E-state index is 0.245. The van der Waals surface area contributed by atoms with Gasteiger partial charge in [-0.15, -0.1) is 13.2 Å². The zero-order valence-corrected chi connectivity index (χ0v) is 15.9. The van der Waals surface area contributed by atoms with E-state index in [2.05, 4.69) is 4.74 Å². The van der Waals surface area contributed by atoms with Crippen molar-refractivity contribution >= 4 is 23.4 Å².